The van der Waals surface area contributed by atoms with Crippen LogP contribution < -0.4 is 4.90 Å². The van der Waals surface area contributed by atoms with Gasteiger partial charge in [0.15, 0.2) is 5.60 Å². The Bertz CT molecular complexity index is 514. The van der Waals surface area contributed by atoms with Crippen molar-refractivity contribution < 1.29 is 14.7 Å². The first-order valence-electron chi connectivity index (χ1n) is 7.40. The molecule has 0 radical (unpaired) electrons. The number of aromatic nitrogens is 1. The van der Waals surface area contributed by atoms with Gasteiger partial charge in [-0.15, -0.1) is 0 Å². The van der Waals surface area contributed by atoms with Crippen molar-refractivity contribution in [3.05, 3.63) is 66.0 Å². The molecule has 0 unspecified atom stereocenters. The van der Waals surface area contributed by atoms with Gasteiger partial charge in [0.05, 0.1) is 18.9 Å². The van der Waals surface area contributed by atoms with Gasteiger partial charge >= 0.3 is 0 Å². The van der Waals surface area contributed by atoms with Gasteiger partial charge in [-0.25, -0.2) is 0 Å². The van der Waals surface area contributed by atoms with Gasteiger partial charge in [0.2, 0.25) is 0 Å². The molecule has 0 spiro atoms. The number of aliphatic hydroxyl groups is 1. The highest BCUT2D eigenvalue weighted by Crippen LogP contribution is 2.26. The third-order valence-corrected chi connectivity index (χ3v) is 4.05. The molecule has 0 aliphatic carbocycles. The van der Waals surface area contributed by atoms with E-state index in [2.05, 4.69) is 4.98 Å². The van der Waals surface area contributed by atoms with Crippen molar-refractivity contribution in [2.24, 2.45) is 0 Å². The maximum absolute atomic E-state index is 11.4. The first-order chi connectivity index (χ1) is 10.3. The van der Waals surface area contributed by atoms with E-state index in [-0.39, 0.29) is 0 Å². The number of quaternary nitrogens is 1. The van der Waals surface area contributed by atoms with Crippen LogP contribution in [0.15, 0.2) is 54.7 Å². The van der Waals surface area contributed by atoms with Gasteiger partial charge in [-0.3, -0.25) is 4.98 Å². The van der Waals surface area contributed by atoms with Crippen molar-refractivity contribution in [3.63, 3.8) is 0 Å². The average Bonchev–Trinajstić information content (AvgIpc) is 2.57. The lowest BCUT2D eigenvalue weighted by Gasteiger charge is -2.33. The van der Waals surface area contributed by atoms with Crippen LogP contribution in [-0.2, 0) is 10.3 Å². The first kappa shape index (κ1) is 14.2. The molecule has 3 rings (SSSR count). The minimum absolute atomic E-state index is 0.609. The van der Waals surface area contributed by atoms with Crippen molar-refractivity contribution in [3.8, 4) is 0 Å². The molecular formula is C17H21N2O2+. The van der Waals surface area contributed by atoms with E-state index < -0.39 is 5.60 Å². The molecule has 21 heavy (non-hydrogen) atoms. The molecule has 2 heterocycles. The SMILES string of the molecule is O[C@@](C[NH+]1CCOCC1)(c1ccccc1)c1ccccn1. The Morgan fingerprint density at radius 3 is 2.43 bits per heavy atom. The zero-order chi connectivity index (χ0) is 14.5. The van der Waals surface area contributed by atoms with E-state index in [1.165, 1.54) is 4.90 Å². The quantitative estimate of drug-likeness (QED) is 0.845. The number of benzene rings is 1. The number of nitrogens with zero attached hydrogens (tertiary/aromatic N) is 1. The highest BCUT2D eigenvalue weighted by Gasteiger charge is 2.38. The summed E-state index contributed by atoms with van der Waals surface area (Å²) in [5, 5.41) is 11.4. The predicted molar refractivity (Wildman–Crippen MR) is 80.1 cm³/mol. The number of nitrogens with one attached hydrogen (secondary N) is 1. The Kier molecular flexibility index (Phi) is 4.29. The predicted octanol–water partition coefficient (Wildman–Crippen LogP) is 0.233. The third kappa shape index (κ3) is 3.13. The highest BCUT2D eigenvalue weighted by molar-refractivity contribution is 5.32. The van der Waals surface area contributed by atoms with E-state index in [9.17, 15) is 5.11 Å². The summed E-state index contributed by atoms with van der Waals surface area (Å²) in [6.07, 6.45) is 1.73. The number of ether oxygens (including phenoxy) is 1. The van der Waals surface area contributed by atoms with E-state index in [0.717, 1.165) is 31.9 Å². The number of hydrogen-bond acceptors (Lipinski definition) is 3. The fraction of sp³-hybridized carbons (Fsp3) is 0.353. The minimum Gasteiger partial charge on any atom is -0.374 e. The van der Waals surface area contributed by atoms with Crippen LogP contribution in [0.1, 0.15) is 11.3 Å². The van der Waals surface area contributed by atoms with E-state index >= 15 is 0 Å². The maximum atomic E-state index is 11.4. The summed E-state index contributed by atoms with van der Waals surface area (Å²) in [6, 6.07) is 15.5. The van der Waals surface area contributed by atoms with Gasteiger partial charge < -0.3 is 14.7 Å². The zero-order valence-corrected chi connectivity index (χ0v) is 12.0. The van der Waals surface area contributed by atoms with Crippen LogP contribution in [0.4, 0.5) is 0 Å². The van der Waals surface area contributed by atoms with Crippen molar-refractivity contribution in [2.75, 3.05) is 32.8 Å². The molecule has 1 atom stereocenters. The molecule has 2 N–H and O–H groups in total. The largest absolute Gasteiger partial charge is 0.374 e. The minimum atomic E-state index is -1.06. The Morgan fingerprint density at radius 2 is 1.76 bits per heavy atom. The second-order valence-electron chi connectivity index (χ2n) is 5.48. The number of morpholine rings is 1. The van der Waals surface area contributed by atoms with Crippen LogP contribution in [0.25, 0.3) is 0 Å². The summed E-state index contributed by atoms with van der Waals surface area (Å²) in [6.45, 7) is 3.95. The lowest BCUT2D eigenvalue weighted by Crippen LogP contribution is -3.15. The van der Waals surface area contributed by atoms with Crippen molar-refractivity contribution in [1.29, 1.82) is 0 Å². The Morgan fingerprint density at radius 1 is 1.05 bits per heavy atom. The van der Waals surface area contributed by atoms with Gasteiger partial charge in [-0.1, -0.05) is 36.4 Å². The summed E-state index contributed by atoms with van der Waals surface area (Å²) in [4.78, 5) is 5.74. The molecule has 4 heteroatoms. The Balaban J connectivity index is 1.94. The van der Waals surface area contributed by atoms with Gasteiger partial charge in [0.1, 0.15) is 19.6 Å². The molecule has 1 fully saturated rings. The summed E-state index contributed by atoms with van der Waals surface area (Å²) in [7, 11) is 0. The molecule has 1 saturated heterocycles. The lowest BCUT2D eigenvalue weighted by atomic mass is 9.89. The van der Waals surface area contributed by atoms with Crippen molar-refractivity contribution in [1.82, 2.24) is 4.98 Å². The fourth-order valence-corrected chi connectivity index (χ4v) is 2.86. The zero-order valence-electron chi connectivity index (χ0n) is 12.0. The molecular weight excluding hydrogens is 264 g/mol. The standard InChI is InChI=1S/C17H20N2O2/c20-17(15-6-2-1-3-7-15,16-8-4-5-9-18-16)14-19-10-12-21-13-11-19/h1-9,20H,10-14H2/p+1/t17-/m0/s1. The monoisotopic (exact) mass is 285 g/mol. The maximum Gasteiger partial charge on any atom is 0.180 e. The van der Waals surface area contributed by atoms with E-state index in [0.29, 0.717) is 12.2 Å². The Hall–Kier alpha value is -1.75. The molecule has 1 aliphatic rings. The molecule has 0 bridgehead atoms. The van der Waals surface area contributed by atoms with Crippen LogP contribution in [0.2, 0.25) is 0 Å². The summed E-state index contributed by atoms with van der Waals surface area (Å²) >= 11 is 0. The number of rotatable bonds is 4. The van der Waals surface area contributed by atoms with Crippen LogP contribution in [-0.4, -0.2) is 42.9 Å². The average molecular weight is 285 g/mol. The molecule has 0 saturated carbocycles. The number of hydrogen-bond donors (Lipinski definition) is 2. The summed E-state index contributed by atoms with van der Waals surface area (Å²) in [5.41, 5.74) is 0.535. The molecule has 1 aliphatic heterocycles. The second-order valence-corrected chi connectivity index (χ2v) is 5.48. The van der Waals surface area contributed by atoms with Crippen LogP contribution >= 0.6 is 0 Å². The highest BCUT2D eigenvalue weighted by atomic mass is 16.5. The molecule has 1 aromatic heterocycles. The van der Waals surface area contributed by atoms with Gasteiger partial charge in [0, 0.05) is 6.20 Å². The fourth-order valence-electron chi connectivity index (χ4n) is 2.86. The molecule has 0 amide bonds. The van der Waals surface area contributed by atoms with E-state index in [1.54, 1.807) is 6.20 Å². The summed E-state index contributed by atoms with van der Waals surface area (Å²) < 4.78 is 5.41. The second kappa shape index (κ2) is 6.35. The number of pyridine rings is 1. The molecule has 110 valence electrons. The third-order valence-electron chi connectivity index (χ3n) is 4.05. The normalized spacial score (nSPS) is 19.1. The smallest absolute Gasteiger partial charge is 0.180 e. The van der Waals surface area contributed by atoms with Crippen molar-refractivity contribution in [2.45, 2.75) is 5.60 Å². The van der Waals surface area contributed by atoms with Crippen LogP contribution in [0.5, 0.6) is 0 Å². The topological polar surface area (TPSA) is 46.8 Å². The summed E-state index contributed by atoms with van der Waals surface area (Å²) in [5.74, 6) is 0. The van der Waals surface area contributed by atoms with E-state index in [1.807, 2.05) is 48.5 Å². The lowest BCUT2D eigenvalue weighted by molar-refractivity contribution is -0.914. The molecule has 4 nitrogen and oxygen atoms in total. The van der Waals surface area contributed by atoms with Crippen LogP contribution in [0, 0.1) is 0 Å². The van der Waals surface area contributed by atoms with Gasteiger partial charge in [0.25, 0.3) is 0 Å². The van der Waals surface area contributed by atoms with Crippen molar-refractivity contribution >= 4 is 0 Å². The Labute approximate surface area is 125 Å². The van der Waals surface area contributed by atoms with E-state index in [4.69, 9.17) is 4.74 Å². The molecule has 2 aromatic rings. The van der Waals surface area contributed by atoms with Gasteiger partial charge in [-0.05, 0) is 17.7 Å². The first-order valence-corrected chi connectivity index (χ1v) is 7.40. The van der Waals surface area contributed by atoms with Gasteiger partial charge in [-0.2, -0.15) is 0 Å². The molecule has 1 aromatic carbocycles. The van der Waals surface area contributed by atoms with Crippen LogP contribution in [0.3, 0.4) is 0 Å².